The summed E-state index contributed by atoms with van der Waals surface area (Å²) in [7, 11) is -2.17. The van der Waals surface area contributed by atoms with Crippen LogP contribution in [0, 0.1) is 10.1 Å². The molecule has 0 unspecified atom stereocenters. The highest BCUT2D eigenvalue weighted by Crippen LogP contribution is 2.35. The predicted molar refractivity (Wildman–Crippen MR) is 159 cm³/mol. The maximum Gasteiger partial charge on any atom is 0.270 e. The number of amides is 1. The monoisotopic (exact) mass is 587 g/mol. The average Bonchev–Trinajstić information content (AvgIpc) is 3.40. The number of aryl methyl sites for hydroxylation is 2. The van der Waals surface area contributed by atoms with Crippen LogP contribution in [-0.2, 0) is 34.8 Å². The molecule has 42 heavy (non-hydrogen) atoms. The van der Waals surface area contributed by atoms with Crippen molar-refractivity contribution in [3.8, 4) is 0 Å². The van der Waals surface area contributed by atoms with Crippen LogP contribution >= 0.6 is 0 Å². The lowest BCUT2D eigenvalue weighted by Gasteiger charge is -2.30. The zero-order chi connectivity index (χ0) is 29.9. The molecule has 0 saturated heterocycles. The van der Waals surface area contributed by atoms with Crippen molar-refractivity contribution in [3.63, 3.8) is 0 Å². The van der Waals surface area contributed by atoms with Crippen molar-refractivity contribution < 1.29 is 18.1 Å². The minimum Gasteiger partial charge on any atom is -0.337 e. The summed E-state index contributed by atoms with van der Waals surface area (Å²) in [6, 6.07) is 20.1. The van der Waals surface area contributed by atoms with Gasteiger partial charge in [-0.15, -0.1) is 0 Å². The van der Waals surface area contributed by atoms with Crippen molar-refractivity contribution in [2.24, 2.45) is 7.05 Å². The van der Waals surface area contributed by atoms with Crippen molar-refractivity contribution >= 4 is 27.3 Å². The molecule has 4 aromatic rings. The van der Waals surface area contributed by atoms with Crippen molar-refractivity contribution in [2.45, 2.75) is 56.0 Å². The molecule has 2 atom stereocenters. The van der Waals surface area contributed by atoms with Crippen LogP contribution in [0.5, 0.6) is 0 Å². The number of benzene rings is 3. The molecule has 11 heteroatoms. The number of fused-ring (bicyclic) bond motifs is 1. The van der Waals surface area contributed by atoms with Gasteiger partial charge in [0, 0.05) is 49.7 Å². The van der Waals surface area contributed by atoms with Gasteiger partial charge in [-0.1, -0.05) is 49.4 Å². The first-order valence-corrected chi connectivity index (χ1v) is 15.3. The van der Waals surface area contributed by atoms with Gasteiger partial charge in [0.2, 0.25) is 15.9 Å². The van der Waals surface area contributed by atoms with Gasteiger partial charge in [0.25, 0.3) is 5.69 Å². The first kappa shape index (κ1) is 29.2. The fourth-order valence-electron chi connectivity index (χ4n) is 5.38. The van der Waals surface area contributed by atoms with E-state index in [4.69, 9.17) is 0 Å². The summed E-state index contributed by atoms with van der Waals surface area (Å²) < 4.78 is 31.3. The predicted octanol–water partition coefficient (Wildman–Crippen LogP) is 5.41. The second-order valence-electron chi connectivity index (χ2n) is 10.7. The molecule has 0 saturated carbocycles. The highest BCUT2D eigenvalue weighted by molar-refractivity contribution is 7.89. The van der Waals surface area contributed by atoms with Crippen molar-refractivity contribution in [1.82, 2.24) is 14.3 Å². The lowest BCUT2D eigenvalue weighted by Crippen LogP contribution is -2.34. The number of rotatable bonds is 10. The lowest BCUT2D eigenvalue weighted by atomic mass is 9.87. The molecule has 0 aliphatic heterocycles. The summed E-state index contributed by atoms with van der Waals surface area (Å²) >= 11 is 0. The number of non-ortho nitro benzene ring substituents is 1. The number of imidazole rings is 1. The quantitative estimate of drug-likeness (QED) is 0.195. The third-order valence-corrected chi connectivity index (χ3v) is 9.23. The molecule has 0 spiro atoms. The van der Waals surface area contributed by atoms with Gasteiger partial charge in [-0.25, -0.2) is 18.1 Å². The molecular weight excluding hydrogens is 554 g/mol. The minimum atomic E-state index is -4.05. The van der Waals surface area contributed by atoms with Crippen molar-refractivity contribution in [2.75, 3.05) is 4.90 Å². The van der Waals surface area contributed by atoms with E-state index in [0.717, 1.165) is 41.4 Å². The van der Waals surface area contributed by atoms with Gasteiger partial charge in [-0.2, -0.15) is 0 Å². The number of nitrogens with zero attached hydrogens (tertiary/aromatic N) is 4. The van der Waals surface area contributed by atoms with Crippen LogP contribution in [0.25, 0.3) is 0 Å². The number of carbonyl (C=O) groups is 1. The second-order valence-corrected chi connectivity index (χ2v) is 12.4. The molecule has 1 aromatic heterocycles. The average molecular weight is 588 g/mol. The maximum atomic E-state index is 13.8. The Labute approximate surface area is 245 Å². The Bertz CT molecular complexity index is 1700. The molecule has 1 amide bonds. The number of anilines is 1. The molecule has 5 rings (SSSR count). The molecule has 218 valence electrons. The molecule has 1 N–H and O–H groups in total. The number of sulfonamides is 1. The van der Waals surface area contributed by atoms with Gasteiger partial charge in [0.1, 0.15) is 5.82 Å². The van der Waals surface area contributed by atoms with Crippen molar-refractivity contribution in [3.05, 3.63) is 118 Å². The summed E-state index contributed by atoms with van der Waals surface area (Å²) in [6.07, 6.45) is 5.92. The zero-order valence-electron chi connectivity index (χ0n) is 23.5. The molecule has 10 nitrogen and oxygen atoms in total. The normalized spacial score (nSPS) is 15.5. The van der Waals surface area contributed by atoms with E-state index in [0.29, 0.717) is 12.1 Å². The number of hydrogen-bond donors (Lipinski definition) is 1. The highest BCUT2D eigenvalue weighted by atomic mass is 32.2. The minimum absolute atomic E-state index is 0.00492. The van der Waals surface area contributed by atoms with E-state index < -0.39 is 21.0 Å². The Balaban J connectivity index is 1.46. The van der Waals surface area contributed by atoms with Gasteiger partial charge in [0.05, 0.1) is 16.4 Å². The number of nitro groups is 1. The Morgan fingerprint density at radius 2 is 1.93 bits per heavy atom. The van der Waals surface area contributed by atoms with E-state index in [1.807, 2.05) is 73.3 Å². The summed E-state index contributed by atoms with van der Waals surface area (Å²) in [4.78, 5) is 30.4. The Kier molecular flexibility index (Phi) is 8.51. The molecule has 1 heterocycles. The number of aromatic nitrogens is 2. The van der Waals surface area contributed by atoms with Gasteiger partial charge in [-0.3, -0.25) is 14.9 Å². The summed E-state index contributed by atoms with van der Waals surface area (Å²) in [6.45, 7) is 2.28. The van der Waals surface area contributed by atoms with E-state index in [1.165, 1.54) is 18.2 Å². The number of hydrogen-bond acceptors (Lipinski definition) is 6. The zero-order valence-corrected chi connectivity index (χ0v) is 24.3. The molecule has 1 aliphatic rings. The molecule has 0 fully saturated rings. The summed E-state index contributed by atoms with van der Waals surface area (Å²) in [5.41, 5.74) is 3.23. The van der Waals surface area contributed by atoms with E-state index in [1.54, 1.807) is 11.1 Å². The fraction of sp³-hybridized carbons (Fsp3) is 0.290. The van der Waals surface area contributed by atoms with Crippen LogP contribution in [0.15, 0.2) is 90.1 Å². The molecule has 1 aliphatic carbocycles. The Morgan fingerprint density at radius 3 is 2.64 bits per heavy atom. The van der Waals surface area contributed by atoms with E-state index >= 15 is 0 Å². The molecular formula is C31H33N5O5S. The van der Waals surface area contributed by atoms with Crippen LogP contribution in [0.2, 0.25) is 0 Å². The number of carbonyl (C=O) groups excluding carboxylic acids is 1. The lowest BCUT2D eigenvalue weighted by molar-refractivity contribution is -0.385. The fourth-order valence-corrected chi connectivity index (χ4v) is 6.67. The largest absolute Gasteiger partial charge is 0.337 e. The third kappa shape index (κ3) is 6.42. The second kappa shape index (κ2) is 12.3. The molecule has 3 aromatic carbocycles. The topological polar surface area (TPSA) is 127 Å². The van der Waals surface area contributed by atoms with Crippen LogP contribution in [0.1, 0.15) is 60.7 Å². The van der Waals surface area contributed by atoms with E-state index in [-0.39, 0.29) is 35.4 Å². The Morgan fingerprint density at radius 1 is 1.14 bits per heavy atom. The van der Waals surface area contributed by atoms with Gasteiger partial charge in [-0.05, 0) is 60.1 Å². The van der Waals surface area contributed by atoms with E-state index in [9.17, 15) is 23.3 Å². The summed E-state index contributed by atoms with van der Waals surface area (Å²) in [5, 5.41) is 11.2. The number of nitrogens with one attached hydrogen (secondary N) is 1. The van der Waals surface area contributed by atoms with Gasteiger partial charge in [0.15, 0.2) is 0 Å². The van der Waals surface area contributed by atoms with Crippen LogP contribution < -0.4 is 9.62 Å². The maximum absolute atomic E-state index is 13.8. The molecule has 0 bridgehead atoms. The third-order valence-electron chi connectivity index (χ3n) is 7.76. The number of nitro benzene ring substituents is 1. The van der Waals surface area contributed by atoms with E-state index in [2.05, 4.69) is 9.71 Å². The van der Waals surface area contributed by atoms with Crippen LogP contribution in [0.3, 0.4) is 0 Å². The SMILES string of the molecule is C[C@@H](CC(=O)N(Cc1nccn1C)c1ccc2c(c1)[C@H](NS(=O)(=O)c1cccc([N+](=O)[O-])c1)CCC2)c1ccccc1. The van der Waals surface area contributed by atoms with Gasteiger partial charge >= 0.3 is 0 Å². The Hall–Kier alpha value is -4.35. The first-order chi connectivity index (χ1) is 20.1. The van der Waals surface area contributed by atoms with Crippen molar-refractivity contribution in [1.29, 1.82) is 0 Å². The highest BCUT2D eigenvalue weighted by Gasteiger charge is 2.29. The first-order valence-electron chi connectivity index (χ1n) is 13.8. The van der Waals surface area contributed by atoms with Gasteiger partial charge < -0.3 is 9.47 Å². The smallest absolute Gasteiger partial charge is 0.270 e. The molecule has 0 radical (unpaired) electrons. The summed E-state index contributed by atoms with van der Waals surface area (Å²) in [5.74, 6) is 0.643. The van der Waals surface area contributed by atoms with Crippen LogP contribution in [-0.4, -0.2) is 28.8 Å². The van der Waals surface area contributed by atoms with Crippen LogP contribution in [0.4, 0.5) is 11.4 Å². The standard InChI is InChI=1S/C31H33N5O5S/c1-22(23-8-4-3-5-9-23)18-31(37)35(21-30-32-16-17-34(30)2)25-15-14-24-10-6-13-29(28(24)20-25)33-42(40,41)27-12-7-11-26(19-27)36(38)39/h3-5,7-9,11-12,14-17,19-20,22,29,33H,6,10,13,18,21H2,1-2H3/t22-,29+/m0/s1.